The first-order valence-corrected chi connectivity index (χ1v) is 4.72. The van der Waals surface area contributed by atoms with E-state index in [4.69, 9.17) is 0 Å². The zero-order chi connectivity index (χ0) is 10.7. The third-order valence-electron chi connectivity index (χ3n) is 1.96. The molecular formula is C11H15NO2. The second kappa shape index (κ2) is 4.22. The van der Waals surface area contributed by atoms with E-state index in [0.717, 1.165) is 0 Å². The highest BCUT2D eigenvalue weighted by Gasteiger charge is 2.03. The van der Waals surface area contributed by atoms with Crippen LogP contribution < -0.4 is 5.56 Å². The molecular weight excluding hydrogens is 178 g/mol. The Morgan fingerprint density at radius 3 is 2.57 bits per heavy atom. The average molecular weight is 193 g/mol. The minimum Gasteiger partial charge on any atom is -0.315 e. The molecule has 0 saturated carbocycles. The molecule has 0 amide bonds. The van der Waals surface area contributed by atoms with E-state index in [0.29, 0.717) is 18.0 Å². The lowest BCUT2D eigenvalue weighted by Gasteiger charge is -2.08. The Morgan fingerprint density at radius 2 is 2.14 bits per heavy atom. The van der Waals surface area contributed by atoms with Crippen molar-refractivity contribution in [2.75, 3.05) is 0 Å². The van der Waals surface area contributed by atoms with E-state index >= 15 is 0 Å². The molecule has 0 aromatic carbocycles. The summed E-state index contributed by atoms with van der Waals surface area (Å²) in [4.78, 5) is 22.5. The summed E-state index contributed by atoms with van der Waals surface area (Å²) >= 11 is 0. The highest BCUT2D eigenvalue weighted by molar-refractivity contribution is 5.93. The third kappa shape index (κ3) is 2.55. The number of nitrogens with zero attached hydrogens (tertiary/aromatic N) is 1. The molecule has 0 aliphatic carbocycles. The summed E-state index contributed by atoms with van der Waals surface area (Å²) in [5.74, 6) is 0.356. The summed E-state index contributed by atoms with van der Waals surface area (Å²) in [6, 6.07) is 3.08. The maximum Gasteiger partial charge on any atom is 0.251 e. The quantitative estimate of drug-likeness (QED) is 0.685. The first kappa shape index (κ1) is 10.7. The van der Waals surface area contributed by atoms with Gasteiger partial charge in [-0.1, -0.05) is 13.8 Å². The third-order valence-corrected chi connectivity index (χ3v) is 1.96. The van der Waals surface area contributed by atoms with Gasteiger partial charge in [-0.2, -0.15) is 0 Å². The van der Waals surface area contributed by atoms with Crippen molar-refractivity contribution in [2.45, 2.75) is 27.3 Å². The van der Waals surface area contributed by atoms with Crippen LogP contribution in [0.3, 0.4) is 0 Å². The molecule has 3 heteroatoms. The van der Waals surface area contributed by atoms with E-state index in [-0.39, 0.29) is 11.3 Å². The monoisotopic (exact) mass is 193 g/mol. The van der Waals surface area contributed by atoms with Gasteiger partial charge in [0.05, 0.1) is 0 Å². The van der Waals surface area contributed by atoms with E-state index in [1.165, 1.54) is 13.0 Å². The van der Waals surface area contributed by atoms with Crippen LogP contribution in [0.2, 0.25) is 0 Å². The van der Waals surface area contributed by atoms with Crippen LogP contribution in [0.15, 0.2) is 23.1 Å². The maximum atomic E-state index is 11.5. The van der Waals surface area contributed by atoms with Gasteiger partial charge in [-0.05, 0) is 18.9 Å². The number of hydrogen-bond donors (Lipinski definition) is 0. The number of hydrogen-bond acceptors (Lipinski definition) is 2. The largest absolute Gasteiger partial charge is 0.315 e. The Hall–Kier alpha value is -1.38. The standard InChI is InChI=1S/C11H15NO2/c1-8(2)7-12-5-4-10(9(3)13)6-11(12)14/h4-6,8H,7H2,1-3H3. The van der Waals surface area contributed by atoms with Crippen LogP contribution in [0.1, 0.15) is 31.1 Å². The van der Waals surface area contributed by atoms with Gasteiger partial charge < -0.3 is 4.57 Å². The Labute approximate surface area is 83.4 Å². The van der Waals surface area contributed by atoms with Crippen molar-refractivity contribution in [3.8, 4) is 0 Å². The number of carbonyl (C=O) groups excluding carboxylic acids is 1. The van der Waals surface area contributed by atoms with Crippen LogP contribution in [-0.2, 0) is 6.54 Å². The fraction of sp³-hybridized carbons (Fsp3) is 0.455. The van der Waals surface area contributed by atoms with E-state index in [9.17, 15) is 9.59 Å². The molecule has 0 N–H and O–H groups in total. The molecule has 76 valence electrons. The minimum absolute atomic E-state index is 0.0706. The second-order valence-corrected chi connectivity index (χ2v) is 3.86. The highest BCUT2D eigenvalue weighted by Crippen LogP contribution is 1.99. The molecule has 1 aromatic rings. The van der Waals surface area contributed by atoms with E-state index in [1.807, 2.05) is 13.8 Å². The molecule has 0 unspecified atom stereocenters. The Morgan fingerprint density at radius 1 is 1.50 bits per heavy atom. The van der Waals surface area contributed by atoms with Crippen LogP contribution in [0, 0.1) is 5.92 Å². The first-order valence-electron chi connectivity index (χ1n) is 4.72. The number of rotatable bonds is 3. The molecule has 0 fully saturated rings. The fourth-order valence-electron chi connectivity index (χ4n) is 1.27. The molecule has 1 heterocycles. The van der Waals surface area contributed by atoms with Gasteiger partial charge in [0.15, 0.2) is 5.78 Å². The molecule has 0 saturated heterocycles. The SMILES string of the molecule is CC(=O)c1ccn(CC(C)C)c(=O)c1. The van der Waals surface area contributed by atoms with Crippen LogP contribution in [0.4, 0.5) is 0 Å². The number of Topliss-reactive ketones (excluding diaryl/α,β-unsaturated/α-hetero) is 1. The van der Waals surface area contributed by atoms with Crippen LogP contribution >= 0.6 is 0 Å². The molecule has 1 rings (SSSR count). The molecule has 14 heavy (non-hydrogen) atoms. The number of pyridine rings is 1. The normalized spacial score (nSPS) is 10.6. The Bertz CT molecular complexity index is 391. The smallest absolute Gasteiger partial charge is 0.251 e. The summed E-state index contributed by atoms with van der Waals surface area (Å²) in [7, 11) is 0. The van der Waals surface area contributed by atoms with E-state index in [1.54, 1.807) is 16.8 Å². The summed E-state index contributed by atoms with van der Waals surface area (Å²) in [6.45, 7) is 6.25. The van der Waals surface area contributed by atoms with E-state index < -0.39 is 0 Å². The fourth-order valence-corrected chi connectivity index (χ4v) is 1.27. The van der Waals surface area contributed by atoms with Gasteiger partial charge >= 0.3 is 0 Å². The van der Waals surface area contributed by atoms with Crippen molar-refractivity contribution in [1.82, 2.24) is 4.57 Å². The lowest BCUT2D eigenvalue weighted by molar-refractivity contribution is 0.101. The van der Waals surface area contributed by atoms with Crippen molar-refractivity contribution in [3.05, 3.63) is 34.2 Å². The molecule has 0 bridgehead atoms. The van der Waals surface area contributed by atoms with Crippen LogP contribution in [0.25, 0.3) is 0 Å². The number of aromatic nitrogens is 1. The van der Waals surface area contributed by atoms with Gasteiger partial charge in [-0.15, -0.1) is 0 Å². The van der Waals surface area contributed by atoms with Crippen molar-refractivity contribution in [1.29, 1.82) is 0 Å². The van der Waals surface area contributed by atoms with Crippen molar-refractivity contribution in [2.24, 2.45) is 5.92 Å². The van der Waals surface area contributed by atoms with Crippen LogP contribution in [-0.4, -0.2) is 10.4 Å². The molecule has 0 aliphatic heterocycles. The van der Waals surface area contributed by atoms with Gasteiger partial charge in [0.2, 0.25) is 0 Å². The Balaban J connectivity index is 3.02. The van der Waals surface area contributed by atoms with Crippen molar-refractivity contribution >= 4 is 5.78 Å². The van der Waals surface area contributed by atoms with Crippen LogP contribution in [0.5, 0.6) is 0 Å². The van der Waals surface area contributed by atoms with E-state index in [2.05, 4.69) is 0 Å². The predicted molar refractivity (Wildman–Crippen MR) is 55.5 cm³/mol. The summed E-state index contributed by atoms with van der Waals surface area (Å²) in [5, 5.41) is 0. The lowest BCUT2D eigenvalue weighted by atomic mass is 10.2. The summed E-state index contributed by atoms with van der Waals surface area (Å²) < 4.78 is 1.62. The minimum atomic E-state index is -0.105. The molecule has 1 aromatic heterocycles. The highest BCUT2D eigenvalue weighted by atomic mass is 16.1. The summed E-state index contributed by atoms with van der Waals surface area (Å²) in [6.07, 6.45) is 1.68. The van der Waals surface area contributed by atoms with Gasteiger partial charge in [0, 0.05) is 24.4 Å². The average Bonchev–Trinajstić information content (AvgIpc) is 2.07. The molecule has 3 nitrogen and oxygen atoms in total. The van der Waals surface area contributed by atoms with Crippen molar-refractivity contribution < 1.29 is 4.79 Å². The predicted octanol–water partition coefficient (Wildman–Crippen LogP) is 1.71. The summed E-state index contributed by atoms with van der Waals surface area (Å²) in [5.41, 5.74) is 0.376. The second-order valence-electron chi connectivity index (χ2n) is 3.86. The van der Waals surface area contributed by atoms with Gasteiger partial charge in [0.1, 0.15) is 0 Å². The zero-order valence-electron chi connectivity index (χ0n) is 8.78. The van der Waals surface area contributed by atoms with Crippen molar-refractivity contribution in [3.63, 3.8) is 0 Å². The topological polar surface area (TPSA) is 39.1 Å². The van der Waals surface area contributed by atoms with Gasteiger partial charge in [0.25, 0.3) is 5.56 Å². The Kier molecular flexibility index (Phi) is 3.23. The first-order chi connectivity index (χ1) is 6.50. The molecule has 0 radical (unpaired) electrons. The lowest BCUT2D eigenvalue weighted by Crippen LogP contribution is -2.22. The zero-order valence-corrected chi connectivity index (χ0v) is 8.78. The molecule has 0 spiro atoms. The molecule has 0 aliphatic rings. The number of ketones is 1. The number of carbonyl (C=O) groups is 1. The van der Waals surface area contributed by atoms with Gasteiger partial charge in [-0.3, -0.25) is 9.59 Å². The van der Waals surface area contributed by atoms with Gasteiger partial charge in [-0.25, -0.2) is 0 Å². The maximum absolute atomic E-state index is 11.5. The molecule has 0 atom stereocenters.